The fourth-order valence-corrected chi connectivity index (χ4v) is 4.28. The lowest BCUT2D eigenvalue weighted by molar-refractivity contribution is 0.285. The van der Waals surface area contributed by atoms with Crippen LogP contribution in [0.1, 0.15) is 62.3 Å². The van der Waals surface area contributed by atoms with Gasteiger partial charge in [-0.1, -0.05) is 6.92 Å². The normalized spacial score (nSPS) is 22.2. The molecule has 0 spiro atoms. The molecule has 1 saturated carbocycles. The molecule has 1 aromatic carbocycles. The number of hydrogen-bond acceptors (Lipinski definition) is 3. The van der Waals surface area contributed by atoms with Crippen LogP contribution in [0.5, 0.6) is 0 Å². The fourth-order valence-electron chi connectivity index (χ4n) is 4.28. The van der Waals surface area contributed by atoms with Crippen molar-refractivity contribution in [3.63, 3.8) is 0 Å². The number of hydrogen-bond donors (Lipinski definition) is 0. The minimum absolute atomic E-state index is 0.185. The van der Waals surface area contributed by atoms with Crippen molar-refractivity contribution in [2.45, 2.75) is 50.9 Å². The highest BCUT2D eigenvalue weighted by atomic mass is 19.1. The molecule has 4 heteroatoms. The standard InChI is InChI=1S/C21H23FN2O/c1-14(21-24-10-11-25-21)12-15-2-4-16(5-3-15)18-8-9-23-20-7-6-17(22)13-19(18)20/h6-11,13-16H,2-5,12H2,1H3/t14-,15-,16+/m1/s1. The van der Waals surface area contributed by atoms with Crippen molar-refractivity contribution < 1.29 is 8.81 Å². The van der Waals surface area contributed by atoms with Gasteiger partial charge in [0.2, 0.25) is 0 Å². The smallest absolute Gasteiger partial charge is 0.196 e. The summed E-state index contributed by atoms with van der Waals surface area (Å²) in [5.74, 6) is 2.24. The van der Waals surface area contributed by atoms with E-state index < -0.39 is 0 Å². The van der Waals surface area contributed by atoms with Crippen LogP contribution in [0.4, 0.5) is 4.39 Å². The Morgan fingerprint density at radius 2 is 1.96 bits per heavy atom. The molecule has 1 aliphatic carbocycles. The van der Waals surface area contributed by atoms with Crippen LogP contribution in [0, 0.1) is 11.7 Å². The second kappa shape index (κ2) is 6.95. The van der Waals surface area contributed by atoms with E-state index in [1.165, 1.54) is 24.5 Å². The molecule has 0 unspecified atom stereocenters. The van der Waals surface area contributed by atoms with Crippen LogP contribution < -0.4 is 0 Å². The van der Waals surface area contributed by atoms with Crippen molar-refractivity contribution in [3.05, 3.63) is 60.2 Å². The third kappa shape index (κ3) is 3.44. The van der Waals surface area contributed by atoms with Crippen LogP contribution in [-0.4, -0.2) is 9.97 Å². The van der Waals surface area contributed by atoms with Crippen LogP contribution in [0.3, 0.4) is 0 Å². The molecule has 0 radical (unpaired) electrons. The molecule has 130 valence electrons. The largest absolute Gasteiger partial charge is 0.449 e. The first-order valence-electron chi connectivity index (χ1n) is 9.14. The molecule has 0 saturated heterocycles. The van der Waals surface area contributed by atoms with Crippen molar-refractivity contribution in [2.24, 2.45) is 5.92 Å². The zero-order chi connectivity index (χ0) is 17.2. The molecular formula is C21H23FN2O. The summed E-state index contributed by atoms with van der Waals surface area (Å²) in [5.41, 5.74) is 2.14. The van der Waals surface area contributed by atoms with Gasteiger partial charge in [-0.2, -0.15) is 0 Å². The summed E-state index contributed by atoms with van der Waals surface area (Å²) < 4.78 is 19.1. The first kappa shape index (κ1) is 16.2. The Labute approximate surface area is 147 Å². The molecule has 3 aromatic rings. The number of rotatable bonds is 4. The van der Waals surface area contributed by atoms with Crippen LogP contribution >= 0.6 is 0 Å². The molecule has 2 heterocycles. The molecule has 4 rings (SSSR count). The van der Waals surface area contributed by atoms with E-state index in [9.17, 15) is 4.39 Å². The molecule has 2 aromatic heterocycles. The molecule has 0 amide bonds. The Morgan fingerprint density at radius 1 is 1.12 bits per heavy atom. The van der Waals surface area contributed by atoms with E-state index in [0.29, 0.717) is 17.8 Å². The third-order valence-electron chi connectivity index (χ3n) is 5.58. The third-order valence-corrected chi connectivity index (χ3v) is 5.58. The highest BCUT2D eigenvalue weighted by molar-refractivity contribution is 5.82. The van der Waals surface area contributed by atoms with Crippen molar-refractivity contribution in [2.75, 3.05) is 0 Å². The van der Waals surface area contributed by atoms with E-state index in [1.807, 2.05) is 6.20 Å². The van der Waals surface area contributed by atoms with E-state index in [-0.39, 0.29) is 5.82 Å². The summed E-state index contributed by atoms with van der Waals surface area (Å²) in [6.45, 7) is 2.19. The molecule has 0 N–H and O–H groups in total. The number of halogens is 1. The first-order chi connectivity index (χ1) is 12.2. The lowest BCUT2D eigenvalue weighted by Crippen LogP contribution is -2.15. The zero-order valence-corrected chi connectivity index (χ0v) is 14.5. The Balaban J connectivity index is 1.45. The minimum Gasteiger partial charge on any atom is -0.449 e. The summed E-state index contributed by atoms with van der Waals surface area (Å²) >= 11 is 0. The minimum atomic E-state index is -0.185. The highest BCUT2D eigenvalue weighted by Gasteiger charge is 2.26. The van der Waals surface area contributed by atoms with Gasteiger partial charge in [-0.15, -0.1) is 0 Å². The van der Waals surface area contributed by atoms with Gasteiger partial charge in [-0.05, 0) is 73.8 Å². The van der Waals surface area contributed by atoms with E-state index in [0.717, 1.165) is 36.1 Å². The van der Waals surface area contributed by atoms with Crippen LogP contribution in [0.25, 0.3) is 10.9 Å². The molecule has 1 atom stereocenters. The zero-order valence-electron chi connectivity index (χ0n) is 14.5. The average Bonchev–Trinajstić information content (AvgIpc) is 3.17. The van der Waals surface area contributed by atoms with Crippen LogP contribution in [0.15, 0.2) is 47.3 Å². The first-order valence-corrected chi connectivity index (χ1v) is 9.14. The SMILES string of the molecule is C[C@H](C[C@H]1CC[C@@H](c2ccnc3ccc(F)cc32)CC1)c1ncco1. The van der Waals surface area contributed by atoms with Gasteiger partial charge >= 0.3 is 0 Å². The maximum Gasteiger partial charge on any atom is 0.196 e. The molecule has 1 fully saturated rings. The Kier molecular flexibility index (Phi) is 4.51. The van der Waals surface area contributed by atoms with Crippen LogP contribution in [-0.2, 0) is 0 Å². The van der Waals surface area contributed by atoms with Gasteiger partial charge in [0.1, 0.15) is 12.1 Å². The molecule has 0 aliphatic heterocycles. The molecule has 0 bridgehead atoms. The average molecular weight is 338 g/mol. The van der Waals surface area contributed by atoms with E-state index in [4.69, 9.17) is 4.42 Å². The van der Waals surface area contributed by atoms with Gasteiger partial charge in [0.25, 0.3) is 0 Å². The van der Waals surface area contributed by atoms with Crippen molar-refractivity contribution >= 4 is 10.9 Å². The second-order valence-electron chi connectivity index (χ2n) is 7.29. The van der Waals surface area contributed by atoms with Crippen LogP contribution in [0.2, 0.25) is 0 Å². The summed E-state index contributed by atoms with van der Waals surface area (Å²) in [7, 11) is 0. The van der Waals surface area contributed by atoms with Gasteiger partial charge in [0, 0.05) is 17.5 Å². The monoisotopic (exact) mass is 338 g/mol. The number of oxazole rings is 1. The second-order valence-corrected chi connectivity index (χ2v) is 7.29. The number of pyridine rings is 1. The summed E-state index contributed by atoms with van der Waals surface area (Å²) in [4.78, 5) is 8.65. The topological polar surface area (TPSA) is 38.9 Å². The predicted molar refractivity (Wildman–Crippen MR) is 95.9 cm³/mol. The molecular weight excluding hydrogens is 315 g/mol. The van der Waals surface area contributed by atoms with Crippen molar-refractivity contribution in [3.8, 4) is 0 Å². The van der Waals surface area contributed by atoms with E-state index in [2.05, 4.69) is 23.0 Å². The van der Waals surface area contributed by atoms with Gasteiger partial charge in [0.15, 0.2) is 5.89 Å². The maximum atomic E-state index is 13.7. The Hall–Kier alpha value is -2.23. The highest BCUT2D eigenvalue weighted by Crippen LogP contribution is 2.41. The number of fused-ring (bicyclic) bond motifs is 1. The predicted octanol–water partition coefficient (Wildman–Crippen LogP) is 5.83. The number of aromatic nitrogens is 2. The van der Waals surface area contributed by atoms with Gasteiger partial charge < -0.3 is 4.42 Å². The summed E-state index contributed by atoms with van der Waals surface area (Å²) in [5, 5.41) is 0.971. The van der Waals surface area contributed by atoms with E-state index in [1.54, 1.807) is 24.6 Å². The number of nitrogens with zero attached hydrogens (tertiary/aromatic N) is 2. The van der Waals surface area contributed by atoms with Gasteiger partial charge in [-0.25, -0.2) is 9.37 Å². The quantitative estimate of drug-likeness (QED) is 0.601. The van der Waals surface area contributed by atoms with E-state index >= 15 is 0 Å². The fraction of sp³-hybridized carbons (Fsp3) is 0.429. The van der Waals surface area contributed by atoms with Gasteiger partial charge in [-0.3, -0.25) is 4.98 Å². The Bertz CT molecular complexity index is 838. The Morgan fingerprint density at radius 3 is 2.72 bits per heavy atom. The number of benzene rings is 1. The maximum absolute atomic E-state index is 13.7. The van der Waals surface area contributed by atoms with Gasteiger partial charge in [0.05, 0.1) is 11.7 Å². The summed E-state index contributed by atoms with van der Waals surface area (Å²) in [6.07, 6.45) is 11.1. The molecule has 3 nitrogen and oxygen atoms in total. The van der Waals surface area contributed by atoms with Crippen molar-refractivity contribution in [1.82, 2.24) is 9.97 Å². The van der Waals surface area contributed by atoms with Crippen molar-refractivity contribution in [1.29, 1.82) is 0 Å². The molecule has 25 heavy (non-hydrogen) atoms. The molecule has 1 aliphatic rings. The lowest BCUT2D eigenvalue weighted by Gasteiger charge is -2.30. The lowest BCUT2D eigenvalue weighted by atomic mass is 9.75. The summed E-state index contributed by atoms with van der Waals surface area (Å²) in [6, 6.07) is 6.97.